The first-order chi connectivity index (χ1) is 16.5. The molecule has 2 aromatic carbocycles. The maximum Gasteiger partial charge on any atom is 0.254 e. The molecule has 0 spiro atoms. The highest BCUT2D eigenvalue weighted by atomic mass is 35.5. The van der Waals surface area contributed by atoms with Crippen LogP contribution in [0.15, 0.2) is 48.5 Å². The molecular weight excluding hydrogens is 456 g/mol. The fraction of sp³-hybridized carbons (Fsp3) is 0.462. The highest BCUT2D eigenvalue weighted by Crippen LogP contribution is 2.36. The fourth-order valence-corrected chi connectivity index (χ4v) is 4.77. The molecule has 0 saturated carbocycles. The van der Waals surface area contributed by atoms with E-state index in [2.05, 4.69) is 0 Å². The number of likely N-dealkylation sites (tertiary alicyclic amines) is 1. The fourth-order valence-electron chi connectivity index (χ4n) is 4.65. The molecule has 2 fully saturated rings. The van der Waals surface area contributed by atoms with Crippen LogP contribution in [0.2, 0.25) is 5.02 Å². The van der Waals surface area contributed by atoms with Gasteiger partial charge >= 0.3 is 0 Å². The van der Waals surface area contributed by atoms with Gasteiger partial charge in [0.2, 0.25) is 5.91 Å². The van der Waals surface area contributed by atoms with Crippen LogP contribution in [0.1, 0.15) is 29.6 Å². The number of carbonyl (C=O) groups is 2. The standard InChI is InChI=1S/C26H31ClN2O5/c1-32-23-5-2-4-20(16-23)25(31)29-11-3-10-26(18-29,17-24(30)28-12-14-33-15-13-28)19-34-22-8-6-21(27)7-9-22/h2,4-9,16H,3,10-15,17-19H2,1H3. The van der Waals surface area contributed by atoms with Crippen LogP contribution in [0.4, 0.5) is 0 Å². The van der Waals surface area contributed by atoms with Crippen LogP contribution in [0.25, 0.3) is 0 Å². The number of rotatable bonds is 7. The Morgan fingerprint density at radius 3 is 2.53 bits per heavy atom. The lowest BCUT2D eigenvalue weighted by Gasteiger charge is -2.43. The molecule has 0 radical (unpaired) electrons. The summed E-state index contributed by atoms with van der Waals surface area (Å²) in [5.41, 5.74) is 0.0928. The first-order valence-corrected chi connectivity index (χ1v) is 12.0. The van der Waals surface area contributed by atoms with Gasteiger partial charge in [-0.3, -0.25) is 9.59 Å². The Morgan fingerprint density at radius 1 is 1.03 bits per heavy atom. The summed E-state index contributed by atoms with van der Waals surface area (Å²) in [6, 6.07) is 14.4. The number of ether oxygens (including phenoxy) is 3. The number of nitrogens with zero attached hydrogens (tertiary/aromatic N) is 2. The predicted molar refractivity (Wildman–Crippen MR) is 130 cm³/mol. The topological polar surface area (TPSA) is 68.3 Å². The summed E-state index contributed by atoms with van der Waals surface area (Å²) in [5, 5.41) is 0.636. The number of carbonyl (C=O) groups excluding carboxylic acids is 2. The molecule has 1 atom stereocenters. The molecule has 0 bridgehead atoms. The molecule has 2 amide bonds. The first kappa shape index (κ1) is 24.4. The Hall–Kier alpha value is -2.77. The Bertz CT molecular complexity index is 993. The van der Waals surface area contributed by atoms with Gasteiger partial charge in [-0.15, -0.1) is 0 Å². The van der Waals surface area contributed by atoms with Crippen LogP contribution in [-0.4, -0.2) is 74.7 Å². The zero-order valence-corrected chi connectivity index (χ0v) is 20.3. The van der Waals surface area contributed by atoms with Crippen molar-refractivity contribution < 1.29 is 23.8 Å². The number of hydrogen-bond donors (Lipinski definition) is 0. The van der Waals surface area contributed by atoms with Crippen LogP contribution in [0.3, 0.4) is 0 Å². The van der Waals surface area contributed by atoms with Crippen molar-refractivity contribution in [3.8, 4) is 11.5 Å². The number of methoxy groups -OCH3 is 1. The minimum Gasteiger partial charge on any atom is -0.497 e. The molecule has 8 heteroatoms. The molecule has 1 unspecified atom stereocenters. The Morgan fingerprint density at radius 2 is 1.79 bits per heavy atom. The van der Waals surface area contributed by atoms with Crippen molar-refractivity contribution >= 4 is 23.4 Å². The summed E-state index contributed by atoms with van der Waals surface area (Å²) in [7, 11) is 1.58. The van der Waals surface area contributed by atoms with Crippen molar-refractivity contribution in [3.05, 3.63) is 59.1 Å². The summed E-state index contributed by atoms with van der Waals surface area (Å²) in [6.07, 6.45) is 1.93. The van der Waals surface area contributed by atoms with Crippen molar-refractivity contribution in [2.24, 2.45) is 5.41 Å². The summed E-state index contributed by atoms with van der Waals surface area (Å²) >= 11 is 6.01. The van der Waals surface area contributed by atoms with E-state index >= 15 is 0 Å². The quantitative estimate of drug-likeness (QED) is 0.593. The summed E-state index contributed by atoms with van der Waals surface area (Å²) in [5.74, 6) is 1.36. The van der Waals surface area contributed by atoms with Crippen molar-refractivity contribution in [1.29, 1.82) is 0 Å². The van der Waals surface area contributed by atoms with Gasteiger partial charge in [0.1, 0.15) is 11.5 Å². The lowest BCUT2D eigenvalue weighted by Crippen LogP contribution is -2.52. The maximum atomic E-state index is 13.4. The van der Waals surface area contributed by atoms with E-state index in [1.54, 1.807) is 31.4 Å². The Labute approximate surface area is 205 Å². The van der Waals surface area contributed by atoms with Gasteiger partial charge in [0.25, 0.3) is 5.91 Å². The minimum absolute atomic E-state index is 0.0618. The van der Waals surface area contributed by atoms with E-state index in [-0.39, 0.29) is 11.8 Å². The van der Waals surface area contributed by atoms with Crippen LogP contribution in [-0.2, 0) is 9.53 Å². The minimum atomic E-state index is -0.484. The number of piperidine rings is 1. The number of morpholine rings is 1. The van der Waals surface area contributed by atoms with Gasteiger partial charge in [-0.2, -0.15) is 0 Å². The second-order valence-corrected chi connectivity index (χ2v) is 9.41. The molecule has 0 N–H and O–H groups in total. The number of hydrogen-bond acceptors (Lipinski definition) is 5. The third-order valence-electron chi connectivity index (χ3n) is 6.51. The number of amides is 2. The van der Waals surface area contributed by atoms with Crippen molar-refractivity contribution in [2.75, 3.05) is 53.1 Å². The lowest BCUT2D eigenvalue weighted by atomic mass is 9.77. The summed E-state index contributed by atoms with van der Waals surface area (Å²) in [6.45, 7) is 3.74. The van der Waals surface area contributed by atoms with Crippen LogP contribution in [0.5, 0.6) is 11.5 Å². The Kier molecular flexibility index (Phi) is 7.95. The van der Waals surface area contributed by atoms with Gasteiger partial charge in [0.05, 0.1) is 26.9 Å². The SMILES string of the molecule is COc1cccc(C(=O)N2CCCC(COc3ccc(Cl)cc3)(CC(=O)N3CCOCC3)C2)c1. The normalized spacial score (nSPS) is 20.6. The molecule has 2 heterocycles. The molecule has 2 saturated heterocycles. The first-order valence-electron chi connectivity index (χ1n) is 11.7. The third kappa shape index (κ3) is 6.02. The van der Waals surface area contributed by atoms with E-state index in [0.29, 0.717) is 74.5 Å². The lowest BCUT2D eigenvalue weighted by molar-refractivity contribution is -0.139. The molecule has 2 aliphatic heterocycles. The average Bonchev–Trinajstić information content (AvgIpc) is 2.88. The average molecular weight is 487 g/mol. The predicted octanol–water partition coefficient (Wildman–Crippen LogP) is 3.90. The van der Waals surface area contributed by atoms with Gasteiger partial charge in [-0.05, 0) is 55.3 Å². The molecule has 7 nitrogen and oxygen atoms in total. The monoisotopic (exact) mass is 486 g/mol. The van der Waals surface area contributed by atoms with E-state index in [1.165, 1.54) is 0 Å². The maximum absolute atomic E-state index is 13.4. The molecule has 34 heavy (non-hydrogen) atoms. The van der Waals surface area contributed by atoms with Gasteiger partial charge < -0.3 is 24.0 Å². The highest BCUT2D eigenvalue weighted by Gasteiger charge is 2.41. The molecule has 0 aromatic heterocycles. The largest absolute Gasteiger partial charge is 0.497 e. The molecule has 2 aromatic rings. The third-order valence-corrected chi connectivity index (χ3v) is 6.77. The van der Waals surface area contributed by atoms with Crippen molar-refractivity contribution in [3.63, 3.8) is 0 Å². The highest BCUT2D eigenvalue weighted by molar-refractivity contribution is 6.30. The number of halogens is 1. The smallest absolute Gasteiger partial charge is 0.254 e. The second-order valence-electron chi connectivity index (χ2n) is 8.97. The molecule has 182 valence electrons. The van der Waals surface area contributed by atoms with Crippen molar-refractivity contribution in [1.82, 2.24) is 9.80 Å². The molecule has 0 aliphatic carbocycles. The van der Waals surface area contributed by atoms with E-state index in [9.17, 15) is 9.59 Å². The molecular formula is C26H31ClN2O5. The zero-order chi connectivity index (χ0) is 24.0. The second kappa shape index (κ2) is 11.1. The van der Waals surface area contributed by atoms with Gasteiger partial charge in [0.15, 0.2) is 0 Å². The van der Waals surface area contributed by atoms with Gasteiger partial charge in [0, 0.05) is 48.6 Å². The van der Waals surface area contributed by atoms with Crippen LogP contribution >= 0.6 is 11.6 Å². The molecule has 4 rings (SSSR count). The summed E-state index contributed by atoms with van der Waals surface area (Å²) < 4.78 is 16.8. The van der Waals surface area contributed by atoms with E-state index in [4.69, 9.17) is 25.8 Å². The van der Waals surface area contributed by atoms with Crippen LogP contribution in [0, 0.1) is 5.41 Å². The van der Waals surface area contributed by atoms with Crippen LogP contribution < -0.4 is 9.47 Å². The van der Waals surface area contributed by atoms with E-state index < -0.39 is 5.41 Å². The molecule has 2 aliphatic rings. The van der Waals surface area contributed by atoms with E-state index in [0.717, 1.165) is 12.8 Å². The van der Waals surface area contributed by atoms with E-state index in [1.807, 2.05) is 34.1 Å². The van der Waals surface area contributed by atoms with Gasteiger partial charge in [-0.25, -0.2) is 0 Å². The summed E-state index contributed by atoms with van der Waals surface area (Å²) in [4.78, 5) is 30.3. The number of benzene rings is 2. The Balaban J connectivity index is 1.53. The van der Waals surface area contributed by atoms with Gasteiger partial charge in [-0.1, -0.05) is 17.7 Å². The zero-order valence-electron chi connectivity index (χ0n) is 19.5. The van der Waals surface area contributed by atoms with Crippen molar-refractivity contribution in [2.45, 2.75) is 19.3 Å².